The van der Waals surface area contributed by atoms with E-state index in [1.54, 1.807) is 17.0 Å². The standard InChI is InChI=1S/C9H8Cl2N4O/c1-14-3-2-12-7(14)5-15-9(16)8(11)6(10)4-13-15/h2-4H,5H2,1H3. The molecule has 2 aromatic heterocycles. The van der Waals surface area contributed by atoms with Gasteiger partial charge < -0.3 is 4.57 Å². The van der Waals surface area contributed by atoms with Gasteiger partial charge in [0.2, 0.25) is 0 Å². The Morgan fingerprint density at radius 1 is 1.44 bits per heavy atom. The smallest absolute Gasteiger partial charge is 0.287 e. The predicted octanol–water partition coefficient (Wildman–Crippen LogP) is 1.33. The summed E-state index contributed by atoms with van der Waals surface area (Å²) < 4.78 is 3.02. The molecule has 0 amide bonds. The van der Waals surface area contributed by atoms with Crippen molar-refractivity contribution in [3.05, 3.63) is 44.8 Å². The van der Waals surface area contributed by atoms with E-state index in [0.717, 1.165) is 0 Å². The van der Waals surface area contributed by atoms with Gasteiger partial charge in [0, 0.05) is 19.4 Å². The van der Waals surface area contributed by atoms with E-state index in [-0.39, 0.29) is 16.6 Å². The van der Waals surface area contributed by atoms with Crippen molar-refractivity contribution in [2.75, 3.05) is 0 Å². The van der Waals surface area contributed by atoms with E-state index in [9.17, 15) is 4.79 Å². The van der Waals surface area contributed by atoms with Crippen molar-refractivity contribution in [1.29, 1.82) is 0 Å². The number of hydrogen-bond donors (Lipinski definition) is 0. The van der Waals surface area contributed by atoms with Gasteiger partial charge in [0.25, 0.3) is 5.56 Å². The molecule has 5 nitrogen and oxygen atoms in total. The molecule has 0 saturated carbocycles. The number of aryl methyl sites for hydroxylation is 1. The Labute approximate surface area is 101 Å². The van der Waals surface area contributed by atoms with Crippen molar-refractivity contribution < 1.29 is 0 Å². The Morgan fingerprint density at radius 2 is 2.19 bits per heavy atom. The van der Waals surface area contributed by atoms with Crippen LogP contribution in [0.25, 0.3) is 0 Å². The fourth-order valence-electron chi connectivity index (χ4n) is 1.24. The van der Waals surface area contributed by atoms with E-state index < -0.39 is 5.56 Å². The van der Waals surface area contributed by atoms with E-state index in [0.29, 0.717) is 5.82 Å². The van der Waals surface area contributed by atoms with Gasteiger partial charge in [-0.25, -0.2) is 9.67 Å². The lowest BCUT2D eigenvalue weighted by atomic mass is 10.5. The Hall–Kier alpha value is -1.33. The molecule has 84 valence electrons. The fourth-order valence-corrected chi connectivity index (χ4v) is 1.51. The zero-order valence-corrected chi connectivity index (χ0v) is 9.90. The maximum absolute atomic E-state index is 11.7. The minimum Gasteiger partial charge on any atom is -0.336 e. The van der Waals surface area contributed by atoms with Gasteiger partial charge in [-0.05, 0) is 0 Å². The second-order valence-electron chi connectivity index (χ2n) is 3.22. The number of aromatic nitrogens is 4. The minimum atomic E-state index is -0.419. The van der Waals surface area contributed by atoms with Crippen molar-refractivity contribution in [1.82, 2.24) is 19.3 Å². The average molecular weight is 259 g/mol. The average Bonchev–Trinajstić information content (AvgIpc) is 2.65. The van der Waals surface area contributed by atoms with Crippen molar-refractivity contribution in [2.24, 2.45) is 7.05 Å². The first-order chi connectivity index (χ1) is 7.59. The maximum atomic E-state index is 11.7. The molecule has 2 heterocycles. The summed E-state index contributed by atoms with van der Waals surface area (Å²) in [6, 6.07) is 0. The summed E-state index contributed by atoms with van der Waals surface area (Å²) in [4.78, 5) is 15.8. The molecule has 0 aliphatic rings. The third-order valence-corrected chi connectivity index (χ3v) is 2.90. The number of hydrogen-bond acceptors (Lipinski definition) is 3. The number of halogens is 2. The summed E-state index contributed by atoms with van der Waals surface area (Å²) in [5.74, 6) is 0.716. The summed E-state index contributed by atoms with van der Waals surface area (Å²) in [5, 5.41) is 4.02. The Morgan fingerprint density at radius 3 is 2.81 bits per heavy atom. The fraction of sp³-hybridized carbons (Fsp3) is 0.222. The quantitative estimate of drug-likeness (QED) is 0.817. The topological polar surface area (TPSA) is 52.7 Å². The van der Waals surface area contributed by atoms with E-state index in [4.69, 9.17) is 23.2 Å². The molecule has 2 aromatic rings. The van der Waals surface area contributed by atoms with E-state index in [1.165, 1.54) is 10.9 Å². The van der Waals surface area contributed by atoms with Gasteiger partial charge in [-0.15, -0.1) is 0 Å². The molecule has 0 aliphatic carbocycles. The monoisotopic (exact) mass is 258 g/mol. The van der Waals surface area contributed by atoms with Gasteiger partial charge in [-0.1, -0.05) is 23.2 Å². The highest BCUT2D eigenvalue weighted by molar-refractivity contribution is 6.41. The van der Waals surface area contributed by atoms with E-state index in [1.807, 2.05) is 7.05 Å². The SMILES string of the molecule is Cn1ccnc1Cn1ncc(Cl)c(Cl)c1=O. The molecule has 2 rings (SSSR count). The van der Waals surface area contributed by atoms with Gasteiger partial charge in [0.05, 0.1) is 11.2 Å². The molecule has 16 heavy (non-hydrogen) atoms. The van der Waals surface area contributed by atoms with Crippen molar-refractivity contribution in [2.45, 2.75) is 6.54 Å². The summed E-state index contributed by atoms with van der Waals surface area (Å²) >= 11 is 11.4. The van der Waals surface area contributed by atoms with Crippen LogP contribution in [0.1, 0.15) is 5.82 Å². The number of nitrogens with zero attached hydrogens (tertiary/aromatic N) is 4. The van der Waals surface area contributed by atoms with Crippen LogP contribution in [-0.4, -0.2) is 19.3 Å². The van der Waals surface area contributed by atoms with Crippen LogP contribution < -0.4 is 5.56 Å². The molecule has 0 saturated heterocycles. The first kappa shape index (κ1) is 11.2. The van der Waals surface area contributed by atoms with Crippen molar-refractivity contribution in [3.63, 3.8) is 0 Å². The number of imidazole rings is 1. The Bertz CT molecular complexity index is 575. The highest BCUT2D eigenvalue weighted by atomic mass is 35.5. The molecular weight excluding hydrogens is 251 g/mol. The minimum absolute atomic E-state index is 0.0223. The van der Waals surface area contributed by atoms with Crippen LogP contribution in [0, 0.1) is 0 Å². The molecule has 0 radical (unpaired) electrons. The summed E-state index contributed by atoms with van der Waals surface area (Å²) in [7, 11) is 1.84. The highest BCUT2D eigenvalue weighted by Gasteiger charge is 2.09. The predicted molar refractivity (Wildman–Crippen MR) is 60.8 cm³/mol. The largest absolute Gasteiger partial charge is 0.336 e. The van der Waals surface area contributed by atoms with Gasteiger partial charge in [0.15, 0.2) is 0 Å². The lowest BCUT2D eigenvalue weighted by Gasteiger charge is -2.05. The normalized spacial score (nSPS) is 10.7. The second kappa shape index (κ2) is 4.27. The van der Waals surface area contributed by atoms with Crippen LogP contribution in [-0.2, 0) is 13.6 Å². The van der Waals surface area contributed by atoms with Gasteiger partial charge in [-0.2, -0.15) is 5.10 Å². The third-order valence-electron chi connectivity index (χ3n) is 2.15. The molecule has 0 aromatic carbocycles. The third kappa shape index (κ3) is 1.96. The molecular formula is C9H8Cl2N4O. The van der Waals surface area contributed by atoms with Crippen LogP contribution in [0.4, 0.5) is 0 Å². The van der Waals surface area contributed by atoms with Crippen LogP contribution in [0.3, 0.4) is 0 Å². The van der Waals surface area contributed by atoms with Crippen LogP contribution in [0.5, 0.6) is 0 Å². The Kier molecular flexibility index (Phi) is 2.98. The lowest BCUT2D eigenvalue weighted by molar-refractivity contribution is 0.597. The summed E-state index contributed by atoms with van der Waals surface area (Å²) in [6.07, 6.45) is 4.78. The Balaban J connectivity index is 2.40. The van der Waals surface area contributed by atoms with E-state index >= 15 is 0 Å². The van der Waals surface area contributed by atoms with Crippen molar-refractivity contribution >= 4 is 23.2 Å². The molecule has 0 aliphatic heterocycles. The molecule has 0 N–H and O–H groups in total. The van der Waals surface area contributed by atoms with Crippen LogP contribution in [0.15, 0.2) is 23.4 Å². The second-order valence-corrected chi connectivity index (χ2v) is 4.01. The van der Waals surface area contributed by atoms with Crippen LogP contribution >= 0.6 is 23.2 Å². The zero-order valence-electron chi connectivity index (χ0n) is 8.39. The van der Waals surface area contributed by atoms with Gasteiger partial charge in [0.1, 0.15) is 17.4 Å². The summed E-state index contributed by atoms with van der Waals surface area (Å²) in [5.41, 5.74) is -0.419. The molecule has 0 fully saturated rings. The molecule has 0 atom stereocenters. The van der Waals surface area contributed by atoms with Gasteiger partial charge >= 0.3 is 0 Å². The molecule has 0 bridgehead atoms. The van der Waals surface area contributed by atoms with Crippen LogP contribution in [0.2, 0.25) is 10.0 Å². The molecule has 7 heteroatoms. The van der Waals surface area contributed by atoms with Crippen molar-refractivity contribution in [3.8, 4) is 0 Å². The molecule has 0 unspecified atom stereocenters. The lowest BCUT2D eigenvalue weighted by Crippen LogP contribution is -2.25. The maximum Gasteiger partial charge on any atom is 0.287 e. The summed E-state index contributed by atoms with van der Waals surface area (Å²) in [6.45, 7) is 0.263. The first-order valence-corrected chi connectivity index (χ1v) is 5.22. The number of rotatable bonds is 2. The van der Waals surface area contributed by atoms with Gasteiger partial charge in [-0.3, -0.25) is 4.79 Å². The highest BCUT2D eigenvalue weighted by Crippen LogP contribution is 2.14. The van der Waals surface area contributed by atoms with E-state index in [2.05, 4.69) is 10.1 Å². The molecule has 0 spiro atoms. The zero-order chi connectivity index (χ0) is 11.7. The first-order valence-electron chi connectivity index (χ1n) is 4.47.